The maximum absolute atomic E-state index is 13.6. The maximum Gasteiger partial charge on any atom is 0.291 e. The molecule has 1 aromatic carbocycles. The monoisotopic (exact) mass is 510 g/mol. The minimum Gasteiger partial charge on any atom is -0.455 e. The number of nitrogens with one attached hydrogen (secondary N) is 1. The first-order valence-electron chi connectivity index (χ1n) is 11.6. The molecule has 4 heterocycles. The fraction of sp³-hybridized carbons (Fsp3) is 0.269. The summed E-state index contributed by atoms with van der Waals surface area (Å²) in [6.45, 7) is 2.58. The van der Waals surface area contributed by atoms with Crippen molar-refractivity contribution in [3.05, 3.63) is 70.6 Å². The molecule has 0 radical (unpaired) electrons. The van der Waals surface area contributed by atoms with E-state index in [1.54, 1.807) is 42.5 Å². The fourth-order valence-electron chi connectivity index (χ4n) is 4.47. The third-order valence-corrected chi connectivity index (χ3v) is 7.26. The van der Waals surface area contributed by atoms with E-state index in [2.05, 4.69) is 15.2 Å². The van der Waals surface area contributed by atoms with Crippen LogP contribution in [0.3, 0.4) is 0 Å². The summed E-state index contributed by atoms with van der Waals surface area (Å²) in [5, 5.41) is 3.12. The Morgan fingerprint density at radius 3 is 2.56 bits per heavy atom. The molecule has 0 unspecified atom stereocenters. The molecule has 186 valence electrons. The van der Waals surface area contributed by atoms with Crippen molar-refractivity contribution in [2.24, 2.45) is 5.73 Å². The Kier molecular flexibility index (Phi) is 6.80. The summed E-state index contributed by atoms with van der Waals surface area (Å²) in [5.74, 6) is -0.619. The molecule has 1 saturated heterocycles. The first kappa shape index (κ1) is 24.1. The Bertz CT molecular complexity index is 1410. The van der Waals surface area contributed by atoms with Gasteiger partial charge in [-0.2, -0.15) is 0 Å². The Hall–Kier alpha value is -3.63. The van der Waals surface area contributed by atoms with Crippen molar-refractivity contribution < 1.29 is 22.8 Å². The predicted octanol–water partition coefficient (Wildman–Crippen LogP) is 5.83. The van der Waals surface area contributed by atoms with Gasteiger partial charge >= 0.3 is 0 Å². The zero-order valence-corrected chi connectivity index (χ0v) is 20.1. The molecular formula is C26H24F2N4O3S. The van der Waals surface area contributed by atoms with E-state index in [-0.39, 0.29) is 21.2 Å². The topological polar surface area (TPSA) is 101 Å². The third-order valence-electron chi connectivity index (χ3n) is 6.17. The fourth-order valence-corrected chi connectivity index (χ4v) is 5.48. The number of amides is 2. The van der Waals surface area contributed by atoms with Crippen molar-refractivity contribution in [1.29, 1.82) is 0 Å². The van der Waals surface area contributed by atoms with Crippen LogP contribution in [0.5, 0.6) is 0 Å². The molecular weight excluding hydrogens is 486 g/mol. The number of carbonyl (C=O) groups is 2. The minimum absolute atomic E-state index is 0.0227. The molecule has 5 rings (SSSR count). The summed E-state index contributed by atoms with van der Waals surface area (Å²) in [7, 11) is 0. The van der Waals surface area contributed by atoms with Crippen LogP contribution < -0.4 is 11.1 Å². The van der Waals surface area contributed by atoms with Crippen molar-refractivity contribution in [1.82, 2.24) is 9.88 Å². The van der Waals surface area contributed by atoms with Gasteiger partial charge in [0.2, 0.25) is 0 Å². The van der Waals surface area contributed by atoms with Crippen LogP contribution >= 0.6 is 11.3 Å². The number of fused-ring (bicyclic) bond motifs is 1. The molecule has 1 fully saturated rings. The SMILES string of the molecule is NC(=O)c1sc2nc(C(F)F)cc(-c3ccccc3)c2c1NC(=O)c1ccc(CN2CCCCC2)o1. The van der Waals surface area contributed by atoms with Gasteiger partial charge in [-0.3, -0.25) is 14.5 Å². The molecule has 4 aromatic rings. The van der Waals surface area contributed by atoms with Crippen LogP contribution in [0, 0.1) is 0 Å². The molecule has 3 N–H and O–H groups in total. The molecule has 0 atom stereocenters. The quantitative estimate of drug-likeness (QED) is 0.326. The standard InChI is InChI=1S/C26H24F2N4O3S/c27-23(28)18-13-17(15-7-3-1-4-8-15)20-21(22(24(29)33)36-26(20)30-18)31-25(34)19-10-9-16(35-19)14-32-11-5-2-6-12-32/h1,3-4,7-10,13,23H,2,5-6,11-12,14H2,(H2,29,33)(H,31,34). The van der Waals surface area contributed by atoms with Crippen LogP contribution in [-0.4, -0.2) is 34.8 Å². The number of furan rings is 1. The average Bonchev–Trinajstić information content (AvgIpc) is 3.49. The van der Waals surface area contributed by atoms with Crippen molar-refractivity contribution >= 4 is 39.1 Å². The van der Waals surface area contributed by atoms with Gasteiger partial charge in [-0.25, -0.2) is 13.8 Å². The Morgan fingerprint density at radius 1 is 1.11 bits per heavy atom. The lowest BCUT2D eigenvalue weighted by Crippen LogP contribution is -2.28. The number of thiophene rings is 1. The Morgan fingerprint density at radius 2 is 1.86 bits per heavy atom. The van der Waals surface area contributed by atoms with Crippen LogP contribution in [0.2, 0.25) is 0 Å². The first-order chi connectivity index (χ1) is 17.4. The number of hydrogen-bond acceptors (Lipinski definition) is 6. The van der Waals surface area contributed by atoms with Gasteiger partial charge in [0.15, 0.2) is 5.76 Å². The van der Waals surface area contributed by atoms with Crippen molar-refractivity contribution in [3.63, 3.8) is 0 Å². The number of piperidine rings is 1. The number of primary amides is 1. The van der Waals surface area contributed by atoms with Gasteiger partial charge in [-0.1, -0.05) is 36.8 Å². The van der Waals surface area contributed by atoms with Crippen LogP contribution in [0.1, 0.15) is 57.4 Å². The zero-order chi connectivity index (χ0) is 25.2. The zero-order valence-electron chi connectivity index (χ0n) is 19.3. The highest BCUT2D eigenvalue weighted by Crippen LogP contribution is 2.42. The Labute approximate surface area is 209 Å². The molecule has 0 spiro atoms. The largest absolute Gasteiger partial charge is 0.455 e. The lowest BCUT2D eigenvalue weighted by molar-refractivity contribution is 0.0992. The lowest BCUT2D eigenvalue weighted by atomic mass is 10.0. The minimum atomic E-state index is -2.81. The van der Waals surface area contributed by atoms with Gasteiger partial charge in [0.25, 0.3) is 18.2 Å². The molecule has 0 saturated carbocycles. The lowest BCUT2D eigenvalue weighted by Gasteiger charge is -2.25. The number of rotatable bonds is 7. The van der Waals surface area contributed by atoms with Crippen molar-refractivity contribution in [2.75, 3.05) is 18.4 Å². The van der Waals surface area contributed by atoms with Gasteiger partial charge in [0, 0.05) is 5.39 Å². The second-order valence-corrected chi connectivity index (χ2v) is 9.67. The molecule has 36 heavy (non-hydrogen) atoms. The molecule has 2 amide bonds. The highest BCUT2D eigenvalue weighted by atomic mass is 32.1. The number of halogens is 2. The number of likely N-dealkylation sites (tertiary alicyclic amines) is 1. The number of pyridine rings is 1. The summed E-state index contributed by atoms with van der Waals surface area (Å²) in [4.78, 5) is 32.0. The van der Waals surface area contributed by atoms with E-state index in [1.807, 2.05) is 0 Å². The number of carbonyl (C=O) groups excluding carboxylic acids is 2. The highest BCUT2D eigenvalue weighted by molar-refractivity contribution is 7.21. The summed E-state index contributed by atoms with van der Waals surface area (Å²) in [6, 6.07) is 13.5. The van der Waals surface area contributed by atoms with Crippen LogP contribution in [0.4, 0.5) is 14.5 Å². The summed E-state index contributed by atoms with van der Waals surface area (Å²) >= 11 is 0.867. The summed E-state index contributed by atoms with van der Waals surface area (Å²) in [6.07, 6.45) is 0.688. The number of hydrogen-bond donors (Lipinski definition) is 2. The molecule has 1 aliphatic heterocycles. The third kappa shape index (κ3) is 4.87. The van der Waals surface area contributed by atoms with Gasteiger partial charge in [-0.05, 0) is 55.3 Å². The molecule has 10 heteroatoms. The van der Waals surface area contributed by atoms with Gasteiger partial charge in [-0.15, -0.1) is 11.3 Å². The van der Waals surface area contributed by atoms with E-state index in [4.69, 9.17) is 10.2 Å². The van der Waals surface area contributed by atoms with E-state index in [9.17, 15) is 18.4 Å². The number of alkyl halides is 2. The number of nitrogens with two attached hydrogens (primary N) is 1. The van der Waals surface area contributed by atoms with E-state index < -0.39 is 23.9 Å². The highest BCUT2D eigenvalue weighted by Gasteiger charge is 2.26. The number of benzene rings is 1. The second-order valence-electron chi connectivity index (χ2n) is 8.67. The molecule has 0 aliphatic carbocycles. The van der Waals surface area contributed by atoms with Crippen LogP contribution in [0.25, 0.3) is 21.3 Å². The number of nitrogens with zero attached hydrogens (tertiary/aromatic N) is 2. The van der Waals surface area contributed by atoms with Gasteiger partial charge in [0.05, 0.1) is 12.2 Å². The summed E-state index contributed by atoms with van der Waals surface area (Å²) in [5.41, 5.74) is 6.36. The van der Waals surface area contributed by atoms with Crippen molar-refractivity contribution in [2.45, 2.75) is 32.2 Å². The molecule has 7 nitrogen and oxygen atoms in total. The second kappa shape index (κ2) is 10.2. The molecule has 3 aromatic heterocycles. The summed E-state index contributed by atoms with van der Waals surface area (Å²) < 4.78 is 33.0. The van der Waals surface area contributed by atoms with Gasteiger partial charge in [0.1, 0.15) is 21.2 Å². The molecule has 1 aliphatic rings. The number of aromatic nitrogens is 1. The van der Waals surface area contributed by atoms with E-state index in [0.29, 0.717) is 28.8 Å². The van der Waals surface area contributed by atoms with E-state index in [1.165, 1.54) is 12.5 Å². The van der Waals surface area contributed by atoms with Crippen LogP contribution in [-0.2, 0) is 6.54 Å². The number of anilines is 1. The smallest absolute Gasteiger partial charge is 0.291 e. The normalized spacial score (nSPS) is 14.4. The van der Waals surface area contributed by atoms with E-state index in [0.717, 1.165) is 37.3 Å². The van der Waals surface area contributed by atoms with Crippen LogP contribution in [0.15, 0.2) is 52.9 Å². The average molecular weight is 511 g/mol. The molecule has 0 bridgehead atoms. The first-order valence-corrected chi connectivity index (χ1v) is 12.5. The van der Waals surface area contributed by atoms with Crippen molar-refractivity contribution in [3.8, 4) is 11.1 Å². The Balaban J connectivity index is 1.53. The predicted molar refractivity (Wildman–Crippen MR) is 134 cm³/mol. The maximum atomic E-state index is 13.6. The van der Waals surface area contributed by atoms with Gasteiger partial charge < -0.3 is 15.5 Å². The van der Waals surface area contributed by atoms with E-state index >= 15 is 0 Å².